The van der Waals surface area contributed by atoms with Gasteiger partial charge in [-0.25, -0.2) is 0 Å². The fourth-order valence-electron chi connectivity index (χ4n) is 0.953. The number of amidine groups is 1. The molecule has 0 aromatic rings. The van der Waals surface area contributed by atoms with Gasteiger partial charge in [0.25, 0.3) is 0 Å². The summed E-state index contributed by atoms with van der Waals surface area (Å²) >= 11 is 0. The molecule has 0 saturated carbocycles. The Morgan fingerprint density at radius 1 is 1.42 bits per heavy atom. The average Bonchev–Trinajstić information content (AvgIpc) is 1.84. The zero-order valence-corrected chi connectivity index (χ0v) is 8.59. The molecule has 0 aliphatic heterocycles. The first-order chi connectivity index (χ1) is 5.43. The first kappa shape index (κ1) is 11.2. The van der Waals surface area contributed by atoms with Crippen molar-refractivity contribution in [1.82, 2.24) is 0 Å². The minimum absolute atomic E-state index is 0.268. The molecule has 0 radical (unpaired) electrons. The van der Waals surface area contributed by atoms with Crippen molar-refractivity contribution in [2.24, 2.45) is 16.6 Å². The summed E-state index contributed by atoms with van der Waals surface area (Å²) in [4.78, 5) is 4.35. The van der Waals surface area contributed by atoms with Crippen molar-refractivity contribution in [2.75, 3.05) is 0 Å². The second-order valence-corrected chi connectivity index (χ2v) is 3.72. The fourth-order valence-corrected chi connectivity index (χ4v) is 0.953. The summed E-state index contributed by atoms with van der Waals surface area (Å²) in [6.07, 6.45) is 0.924. The minimum atomic E-state index is 0.268. The fraction of sp³-hybridized carbons (Fsp3) is 0.700. The Kier molecular flexibility index (Phi) is 4.64. The van der Waals surface area contributed by atoms with Gasteiger partial charge in [0.2, 0.25) is 0 Å². The summed E-state index contributed by atoms with van der Waals surface area (Å²) in [5, 5.41) is 0. The third-order valence-corrected chi connectivity index (χ3v) is 1.60. The third kappa shape index (κ3) is 4.94. The topological polar surface area (TPSA) is 38.4 Å². The first-order valence-electron chi connectivity index (χ1n) is 4.41. The Balaban J connectivity index is 4.04. The monoisotopic (exact) mass is 168 g/mol. The van der Waals surface area contributed by atoms with Gasteiger partial charge in [-0.3, -0.25) is 4.99 Å². The molecule has 1 unspecified atom stereocenters. The summed E-state index contributed by atoms with van der Waals surface area (Å²) in [6, 6.07) is 0.268. The largest absolute Gasteiger partial charge is 0.387 e. The molecule has 0 aromatic heterocycles. The number of rotatable bonds is 4. The molecule has 0 bridgehead atoms. The van der Waals surface area contributed by atoms with Crippen molar-refractivity contribution in [2.45, 2.75) is 40.2 Å². The summed E-state index contributed by atoms with van der Waals surface area (Å²) in [7, 11) is 0. The van der Waals surface area contributed by atoms with E-state index in [1.165, 1.54) is 0 Å². The summed E-state index contributed by atoms with van der Waals surface area (Å²) in [5.41, 5.74) is 6.87. The maximum Gasteiger partial charge on any atom is 0.0966 e. The highest BCUT2D eigenvalue weighted by atomic mass is 14.9. The van der Waals surface area contributed by atoms with Crippen LogP contribution in [0.4, 0.5) is 0 Å². The molecular formula is C10H20N2. The molecule has 0 fully saturated rings. The molecule has 0 aliphatic carbocycles. The lowest BCUT2D eigenvalue weighted by atomic mass is 10.1. The van der Waals surface area contributed by atoms with Gasteiger partial charge in [-0.2, -0.15) is 0 Å². The molecule has 0 rings (SSSR count). The van der Waals surface area contributed by atoms with Crippen LogP contribution in [0.25, 0.3) is 0 Å². The van der Waals surface area contributed by atoms with Crippen LogP contribution in [-0.2, 0) is 0 Å². The van der Waals surface area contributed by atoms with Gasteiger partial charge in [0, 0.05) is 5.92 Å². The van der Waals surface area contributed by atoms with E-state index in [9.17, 15) is 0 Å². The molecule has 0 heterocycles. The Hall–Kier alpha value is -0.790. The van der Waals surface area contributed by atoms with Crippen LogP contribution in [0.3, 0.4) is 0 Å². The van der Waals surface area contributed by atoms with E-state index in [0.29, 0.717) is 5.92 Å². The van der Waals surface area contributed by atoms with Crippen LogP contribution < -0.4 is 5.73 Å². The molecule has 12 heavy (non-hydrogen) atoms. The maximum absolute atomic E-state index is 5.71. The Bertz CT molecular complexity index is 180. The number of hydrogen-bond donors (Lipinski definition) is 1. The Labute approximate surface area is 75.6 Å². The van der Waals surface area contributed by atoms with Crippen molar-refractivity contribution >= 4 is 5.84 Å². The van der Waals surface area contributed by atoms with Crippen LogP contribution in [-0.4, -0.2) is 11.9 Å². The standard InChI is InChI=1S/C10H20N2/c1-7(2)6-9(5)12-10(11)8(3)4/h8-9H,1,6H2,2-5H3,(H2,11,12). The predicted octanol–water partition coefficient (Wildman–Crippen LogP) is 2.35. The first-order valence-corrected chi connectivity index (χ1v) is 4.41. The van der Waals surface area contributed by atoms with E-state index in [1.54, 1.807) is 0 Å². The van der Waals surface area contributed by atoms with Gasteiger partial charge in [-0.1, -0.05) is 19.4 Å². The van der Waals surface area contributed by atoms with E-state index < -0.39 is 0 Å². The highest BCUT2D eigenvalue weighted by Gasteiger charge is 2.03. The molecule has 70 valence electrons. The quantitative estimate of drug-likeness (QED) is 0.390. The predicted molar refractivity (Wildman–Crippen MR) is 55.4 cm³/mol. The van der Waals surface area contributed by atoms with Gasteiger partial charge in [0.15, 0.2) is 0 Å². The molecule has 0 aliphatic rings. The molecule has 2 nitrogen and oxygen atoms in total. The average molecular weight is 168 g/mol. The normalized spacial score (nSPS) is 14.9. The molecular weight excluding hydrogens is 148 g/mol. The van der Waals surface area contributed by atoms with Gasteiger partial charge in [-0.05, 0) is 20.3 Å². The Morgan fingerprint density at radius 2 is 1.92 bits per heavy atom. The van der Waals surface area contributed by atoms with Gasteiger partial charge in [0.05, 0.1) is 11.9 Å². The Morgan fingerprint density at radius 3 is 2.25 bits per heavy atom. The van der Waals surface area contributed by atoms with Gasteiger partial charge < -0.3 is 5.73 Å². The molecule has 0 amide bonds. The maximum atomic E-state index is 5.71. The summed E-state index contributed by atoms with van der Waals surface area (Å²) in [6.45, 7) is 12.0. The van der Waals surface area contributed by atoms with E-state index in [4.69, 9.17) is 5.73 Å². The highest BCUT2D eigenvalue weighted by molar-refractivity contribution is 5.82. The lowest BCUT2D eigenvalue weighted by molar-refractivity contribution is 0.718. The molecule has 2 N–H and O–H groups in total. The zero-order chi connectivity index (χ0) is 9.72. The van der Waals surface area contributed by atoms with Crippen molar-refractivity contribution < 1.29 is 0 Å². The van der Waals surface area contributed by atoms with Crippen LogP contribution in [0.5, 0.6) is 0 Å². The van der Waals surface area contributed by atoms with Gasteiger partial charge >= 0.3 is 0 Å². The lowest BCUT2D eigenvalue weighted by Crippen LogP contribution is -2.21. The number of nitrogens with two attached hydrogens (primary N) is 1. The second kappa shape index (κ2) is 4.96. The van der Waals surface area contributed by atoms with Crippen LogP contribution >= 0.6 is 0 Å². The van der Waals surface area contributed by atoms with E-state index in [-0.39, 0.29) is 6.04 Å². The van der Waals surface area contributed by atoms with Crippen LogP contribution in [0.15, 0.2) is 17.1 Å². The van der Waals surface area contributed by atoms with Gasteiger partial charge in [0.1, 0.15) is 0 Å². The smallest absolute Gasteiger partial charge is 0.0966 e. The third-order valence-electron chi connectivity index (χ3n) is 1.60. The van der Waals surface area contributed by atoms with Crippen molar-refractivity contribution in [3.63, 3.8) is 0 Å². The molecule has 2 heteroatoms. The van der Waals surface area contributed by atoms with Crippen LogP contribution in [0, 0.1) is 5.92 Å². The van der Waals surface area contributed by atoms with Crippen LogP contribution in [0.1, 0.15) is 34.1 Å². The lowest BCUT2D eigenvalue weighted by Gasteiger charge is -2.09. The number of aliphatic imine (C=N–C) groups is 1. The molecule has 0 saturated heterocycles. The van der Waals surface area contributed by atoms with Gasteiger partial charge in [-0.15, -0.1) is 6.58 Å². The van der Waals surface area contributed by atoms with E-state index in [1.807, 2.05) is 20.8 Å². The number of hydrogen-bond acceptors (Lipinski definition) is 1. The SMILES string of the molecule is C=C(C)CC(C)/N=C(\N)C(C)C. The minimum Gasteiger partial charge on any atom is -0.387 e. The van der Waals surface area contributed by atoms with E-state index in [0.717, 1.165) is 17.8 Å². The molecule has 1 atom stereocenters. The van der Waals surface area contributed by atoms with Crippen molar-refractivity contribution in [1.29, 1.82) is 0 Å². The highest BCUT2D eigenvalue weighted by Crippen LogP contribution is 2.06. The summed E-state index contributed by atoms with van der Waals surface area (Å²) < 4.78 is 0. The number of nitrogens with zero attached hydrogens (tertiary/aromatic N) is 1. The van der Waals surface area contributed by atoms with Crippen LogP contribution in [0.2, 0.25) is 0 Å². The second-order valence-electron chi connectivity index (χ2n) is 3.72. The zero-order valence-electron chi connectivity index (χ0n) is 8.59. The van der Waals surface area contributed by atoms with Crippen molar-refractivity contribution in [3.05, 3.63) is 12.2 Å². The molecule has 0 spiro atoms. The summed E-state index contributed by atoms with van der Waals surface area (Å²) in [5.74, 6) is 1.08. The van der Waals surface area contributed by atoms with E-state index in [2.05, 4.69) is 18.5 Å². The van der Waals surface area contributed by atoms with Crippen molar-refractivity contribution in [3.8, 4) is 0 Å². The van der Waals surface area contributed by atoms with E-state index >= 15 is 0 Å². The molecule has 0 aromatic carbocycles.